The number of H-pyrrole nitrogens is 1. The first kappa shape index (κ1) is 17.9. The van der Waals surface area contributed by atoms with Gasteiger partial charge in [-0.2, -0.15) is 0 Å². The lowest BCUT2D eigenvalue weighted by atomic mass is 10.0. The van der Waals surface area contributed by atoms with E-state index in [1.807, 2.05) is 30.3 Å². The largest absolute Gasteiger partial charge is 0.396 e. The number of benzene rings is 1. The van der Waals surface area contributed by atoms with Gasteiger partial charge in [-0.05, 0) is 25.8 Å². The fourth-order valence-electron chi connectivity index (χ4n) is 2.79. The summed E-state index contributed by atoms with van der Waals surface area (Å²) in [6.07, 6.45) is 0.424. The predicted molar refractivity (Wildman–Crippen MR) is 91.7 cm³/mol. The van der Waals surface area contributed by atoms with Crippen LogP contribution in [0.4, 0.5) is 0 Å². The van der Waals surface area contributed by atoms with Crippen molar-refractivity contribution in [3.8, 4) is 0 Å². The minimum Gasteiger partial charge on any atom is -0.396 e. The van der Waals surface area contributed by atoms with Gasteiger partial charge in [0.2, 0.25) is 5.91 Å². The third kappa shape index (κ3) is 4.08. The number of hydrogen-bond donors (Lipinski definition) is 2. The first-order chi connectivity index (χ1) is 11.4. The Kier molecular flexibility index (Phi) is 5.87. The molecule has 1 unspecified atom stereocenters. The van der Waals surface area contributed by atoms with Crippen molar-refractivity contribution >= 4 is 5.91 Å². The van der Waals surface area contributed by atoms with Crippen LogP contribution in [0.1, 0.15) is 35.1 Å². The summed E-state index contributed by atoms with van der Waals surface area (Å²) in [4.78, 5) is 33.2. The standard InChI is InChI=1S/C18H23N3O3/c1-12-15(18(24)20-13(2)19-12)11-17(23)21(3)16(9-10-22)14-7-5-4-6-8-14/h4-8,16,22H,9-11H2,1-3H3,(H,19,20,24). The lowest BCUT2D eigenvalue weighted by molar-refractivity contribution is -0.131. The van der Waals surface area contributed by atoms with Gasteiger partial charge in [-0.1, -0.05) is 30.3 Å². The molecule has 6 nitrogen and oxygen atoms in total. The number of carbonyl (C=O) groups excluding carboxylic acids is 1. The van der Waals surface area contributed by atoms with Crippen molar-refractivity contribution in [3.05, 3.63) is 63.3 Å². The van der Waals surface area contributed by atoms with E-state index in [-0.39, 0.29) is 30.5 Å². The van der Waals surface area contributed by atoms with Crippen molar-refractivity contribution in [2.75, 3.05) is 13.7 Å². The summed E-state index contributed by atoms with van der Waals surface area (Å²) in [7, 11) is 1.70. The monoisotopic (exact) mass is 329 g/mol. The summed E-state index contributed by atoms with van der Waals surface area (Å²) >= 11 is 0. The number of amides is 1. The molecule has 1 aromatic carbocycles. The second kappa shape index (κ2) is 7.88. The number of rotatable bonds is 6. The minimum atomic E-state index is -0.278. The van der Waals surface area contributed by atoms with E-state index in [4.69, 9.17) is 0 Å². The fraction of sp³-hybridized carbons (Fsp3) is 0.389. The van der Waals surface area contributed by atoms with Gasteiger partial charge in [-0.15, -0.1) is 0 Å². The summed E-state index contributed by atoms with van der Waals surface area (Å²) in [6.45, 7) is 3.41. The molecule has 0 bridgehead atoms. The number of aliphatic hydroxyl groups excluding tert-OH is 1. The van der Waals surface area contributed by atoms with Gasteiger partial charge >= 0.3 is 0 Å². The summed E-state index contributed by atoms with van der Waals surface area (Å²) in [5, 5.41) is 9.33. The smallest absolute Gasteiger partial charge is 0.254 e. The number of carbonyl (C=O) groups is 1. The topological polar surface area (TPSA) is 86.3 Å². The zero-order chi connectivity index (χ0) is 17.7. The highest BCUT2D eigenvalue weighted by Gasteiger charge is 2.23. The SMILES string of the molecule is Cc1nc(C)c(CC(=O)N(C)C(CCO)c2ccccc2)c(=O)[nH]1. The number of aryl methyl sites for hydroxylation is 2. The number of aromatic nitrogens is 2. The van der Waals surface area contributed by atoms with Crippen molar-refractivity contribution in [1.82, 2.24) is 14.9 Å². The van der Waals surface area contributed by atoms with Crippen LogP contribution >= 0.6 is 0 Å². The Morgan fingerprint density at radius 3 is 2.54 bits per heavy atom. The highest BCUT2D eigenvalue weighted by Crippen LogP contribution is 2.23. The third-order valence-corrected chi connectivity index (χ3v) is 4.12. The Labute approximate surface area is 141 Å². The maximum atomic E-state index is 12.7. The first-order valence-electron chi connectivity index (χ1n) is 7.92. The quantitative estimate of drug-likeness (QED) is 0.841. The molecule has 0 radical (unpaired) electrons. The second-order valence-corrected chi connectivity index (χ2v) is 5.84. The number of aliphatic hydroxyl groups is 1. The molecule has 0 aliphatic rings. The number of nitrogens with one attached hydrogen (secondary N) is 1. The van der Waals surface area contributed by atoms with Crippen LogP contribution in [0.3, 0.4) is 0 Å². The number of hydrogen-bond acceptors (Lipinski definition) is 4. The lowest BCUT2D eigenvalue weighted by Gasteiger charge is -2.28. The minimum absolute atomic E-state index is 0.0142. The fourth-order valence-corrected chi connectivity index (χ4v) is 2.79. The Morgan fingerprint density at radius 2 is 1.96 bits per heavy atom. The van der Waals surface area contributed by atoms with Gasteiger partial charge < -0.3 is 15.0 Å². The third-order valence-electron chi connectivity index (χ3n) is 4.12. The number of likely N-dealkylation sites (N-methyl/N-ethyl adjacent to an activating group) is 1. The second-order valence-electron chi connectivity index (χ2n) is 5.84. The Hall–Kier alpha value is -2.47. The zero-order valence-electron chi connectivity index (χ0n) is 14.2. The van der Waals surface area contributed by atoms with E-state index in [1.165, 1.54) is 0 Å². The number of aromatic amines is 1. The highest BCUT2D eigenvalue weighted by molar-refractivity contribution is 5.79. The average Bonchev–Trinajstić information content (AvgIpc) is 2.56. The molecule has 2 N–H and O–H groups in total. The van der Waals surface area contributed by atoms with Crippen LogP contribution in [-0.2, 0) is 11.2 Å². The molecule has 2 aromatic rings. The van der Waals surface area contributed by atoms with Gasteiger partial charge in [-0.3, -0.25) is 9.59 Å². The van der Waals surface area contributed by atoms with Gasteiger partial charge in [0.1, 0.15) is 5.82 Å². The van der Waals surface area contributed by atoms with Gasteiger partial charge in [0.15, 0.2) is 0 Å². The van der Waals surface area contributed by atoms with Crippen LogP contribution in [0, 0.1) is 13.8 Å². The molecule has 2 rings (SSSR count). The molecule has 0 aliphatic carbocycles. The van der Waals surface area contributed by atoms with Gasteiger partial charge in [0.25, 0.3) is 5.56 Å². The van der Waals surface area contributed by atoms with Crippen LogP contribution in [0.5, 0.6) is 0 Å². The van der Waals surface area contributed by atoms with Gasteiger partial charge in [-0.25, -0.2) is 4.98 Å². The highest BCUT2D eigenvalue weighted by atomic mass is 16.3. The van der Waals surface area contributed by atoms with Crippen LogP contribution in [-0.4, -0.2) is 39.5 Å². The van der Waals surface area contributed by atoms with Gasteiger partial charge in [0, 0.05) is 24.9 Å². The molecule has 0 saturated heterocycles. The van der Waals surface area contributed by atoms with Crippen molar-refractivity contribution in [3.63, 3.8) is 0 Å². The van der Waals surface area contributed by atoms with Crippen molar-refractivity contribution in [1.29, 1.82) is 0 Å². The Morgan fingerprint density at radius 1 is 1.29 bits per heavy atom. The predicted octanol–water partition coefficient (Wildman–Crippen LogP) is 1.51. The van der Waals surface area contributed by atoms with E-state index in [9.17, 15) is 14.7 Å². The number of nitrogens with zero attached hydrogens (tertiary/aromatic N) is 2. The van der Waals surface area contributed by atoms with E-state index in [0.717, 1.165) is 5.56 Å². The molecule has 1 amide bonds. The van der Waals surface area contributed by atoms with Gasteiger partial charge in [0.05, 0.1) is 12.5 Å². The van der Waals surface area contributed by atoms with Crippen molar-refractivity contribution in [2.24, 2.45) is 0 Å². The van der Waals surface area contributed by atoms with Crippen LogP contribution in [0.2, 0.25) is 0 Å². The molecule has 128 valence electrons. The normalized spacial score (nSPS) is 12.0. The lowest BCUT2D eigenvalue weighted by Crippen LogP contribution is -2.34. The molecule has 24 heavy (non-hydrogen) atoms. The molecule has 0 spiro atoms. The maximum absolute atomic E-state index is 12.7. The molecule has 1 atom stereocenters. The van der Waals surface area contributed by atoms with Crippen LogP contribution < -0.4 is 5.56 Å². The van der Waals surface area contributed by atoms with E-state index in [0.29, 0.717) is 23.5 Å². The zero-order valence-corrected chi connectivity index (χ0v) is 14.2. The molecular weight excluding hydrogens is 306 g/mol. The Balaban J connectivity index is 2.23. The Bertz CT molecular complexity index is 756. The van der Waals surface area contributed by atoms with E-state index in [2.05, 4.69) is 9.97 Å². The van der Waals surface area contributed by atoms with Crippen LogP contribution in [0.25, 0.3) is 0 Å². The molecule has 0 aliphatic heterocycles. The maximum Gasteiger partial charge on any atom is 0.254 e. The van der Waals surface area contributed by atoms with Crippen molar-refractivity contribution in [2.45, 2.75) is 32.7 Å². The molecule has 0 fully saturated rings. The van der Waals surface area contributed by atoms with Crippen molar-refractivity contribution < 1.29 is 9.90 Å². The summed E-state index contributed by atoms with van der Waals surface area (Å²) < 4.78 is 0. The summed E-state index contributed by atoms with van der Waals surface area (Å²) in [5.41, 5.74) is 1.62. The van der Waals surface area contributed by atoms with E-state index in [1.54, 1.807) is 25.8 Å². The van der Waals surface area contributed by atoms with E-state index >= 15 is 0 Å². The van der Waals surface area contributed by atoms with E-state index < -0.39 is 0 Å². The van der Waals surface area contributed by atoms with Crippen LogP contribution in [0.15, 0.2) is 35.1 Å². The summed E-state index contributed by atoms with van der Waals surface area (Å²) in [6, 6.07) is 9.32. The molecule has 1 aromatic heterocycles. The first-order valence-corrected chi connectivity index (χ1v) is 7.92. The summed E-state index contributed by atoms with van der Waals surface area (Å²) in [5.74, 6) is 0.348. The molecular formula is C18H23N3O3. The molecule has 6 heteroatoms. The molecule has 0 saturated carbocycles. The average molecular weight is 329 g/mol. The molecule has 1 heterocycles.